The monoisotopic (exact) mass is 1510 g/mol. The normalized spacial score (nSPS) is 25.6. The molecule has 0 aromatic heterocycles. The van der Waals surface area contributed by atoms with Crippen molar-refractivity contribution in [2.24, 2.45) is 0 Å². The molecule has 17 unspecified atom stereocenters. The molecule has 628 valence electrons. The quantitative estimate of drug-likeness (QED) is 0.0199. The van der Waals surface area contributed by atoms with Crippen molar-refractivity contribution in [2.75, 3.05) is 26.4 Å². The molecule has 3 rings (SSSR count). The summed E-state index contributed by atoms with van der Waals surface area (Å²) in [4.78, 5) is 13.5. The lowest BCUT2D eigenvalue weighted by Gasteiger charge is -2.48. The Labute approximate surface area is 646 Å². The van der Waals surface area contributed by atoms with Gasteiger partial charge in [-0.25, -0.2) is 0 Å². The number of aliphatic hydroxyl groups is 11. The summed E-state index contributed by atoms with van der Waals surface area (Å²) in [6.07, 6.45) is 56.5. The van der Waals surface area contributed by atoms with Crippen LogP contribution in [0.25, 0.3) is 0 Å². The lowest BCUT2D eigenvalue weighted by molar-refractivity contribution is -0.379. The second-order valence-corrected chi connectivity index (χ2v) is 32.4. The number of carbonyl (C=O) groups is 1. The van der Waals surface area contributed by atoms with Gasteiger partial charge in [0.25, 0.3) is 0 Å². The highest BCUT2D eigenvalue weighted by Gasteiger charge is 2.54. The molecule has 0 radical (unpaired) electrons. The van der Waals surface area contributed by atoms with E-state index in [2.05, 4.69) is 19.2 Å². The Morgan fingerprint density at radius 1 is 0.330 bits per heavy atom. The first-order valence-electron chi connectivity index (χ1n) is 44.9. The SMILES string of the molecule is CCCCCCCCCCCCCCCCCCCCCCCCCCCCCC/C=C/C(O)C(COC1OC(CO)C(OC2OC(CO)C(OC3OC(CO)C(O)C(O)C3O)C(O)C2O)C(O)C1O)NC(=O)CCCCCCCCCCCCCCCCCCCCCCCCCCCCCCCCC. The summed E-state index contributed by atoms with van der Waals surface area (Å²) < 4.78 is 34.5. The van der Waals surface area contributed by atoms with Crippen LogP contribution in [0.2, 0.25) is 0 Å². The molecule has 3 aliphatic heterocycles. The molecule has 0 spiro atoms. The van der Waals surface area contributed by atoms with Crippen LogP contribution in [-0.4, -0.2) is 193 Å². The van der Waals surface area contributed by atoms with Crippen LogP contribution in [0.1, 0.15) is 406 Å². The lowest BCUT2D eigenvalue weighted by atomic mass is 9.96. The number of carbonyl (C=O) groups excluding carboxylic acids is 1. The average Bonchev–Trinajstić information content (AvgIpc) is 0.781. The molecule has 0 aliphatic carbocycles. The summed E-state index contributed by atoms with van der Waals surface area (Å²) in [5.74, 6) is -0.265. The zero-order valence-electron chi connectivity index (χ0n) is 67.7. The first-order chi connectivity index (χ1) is 51.8. The topological polar surface area (TPSA) is 307 Å². The van der Waals surface area contributed by atoms with Crippen molar-refractivity contribution in [3.05, 3.63) is 12.2 Å². The van der Waals surface area contributed by atoms with Crippen LogP contribution in [0, 0.1) is 0 Å². The van der Waals surface area contributed by atoms with Crippen molar-refractivity contribution < 1.29 is 89.4 Å². The summed E-state index contributed by atoms with van der Waals surface area (Å²) in [5, 5.41) is 121. The number of ether oxygens (including phenoxy) is 6. The maximum absolute atomic E-state index is 13.5. The van der Waals surface area contributed by atoms with Gasteiger partial charge in [0.15, 0.2) is 18.9 Å². The summed E-state index contributed by atoms with van der Waals surface area (Å²) >= 11 is 0. The highest BCUT2D eigenvalue weighted by atomic mass is 16.8. The second-order valence-electron chi connectivity index (χ2n) is 32.4. The fraction of sp³-hybridized carbons (Fsp3) is 0.966. The number of allylic oxidation sites excluding steroid dienone is 1. The molecule has 106 heavy (non-hydrogen) atoms. The van der Waals surface area contributed by atoms with Crippen LogP contribution < -0.4 is 5.32 Å². The maximum atomic E-state index is 13.5. The summed E-state index contributed by atoms with van der Waals surface area (Å²) in [6.45, 7) is 1.82. The Morgan fingerprint density at radius 2 is 0.585 bits per heavy atom. The number of aliphatic hydroxyl groups excluding tert-OH is 11. The molecule has 3 heterocycles. The van der Waals surface area contributed by atoms with Gasteiger partial charge in [0.05, 0.1) is 38.6 Å². The smallest absolute Gasteiger partial charge is 0.220 e. The molecule has 12 N–H and O–H groups in total. The fourth-order valence-electron chi connectivity index (χ4n) is 15.7. The van der Waals surface area contributed by atoms with Crippen molar-refractivity contribution in [1.29, 1.82) is 0 Å². The standard InChI is InChI=1S/C87H167NO18/c1-3-5-7-9-11-13-15-17-19-21-23-25-27-29-31-33-35-37-39-41-43-45-47-49-51-53-55-57-59-61-63-65-75(93)88-70(71(92)64-62-60-58-56-54-52-50-48-46-44-42-40-38-36-34-32-30-28-26-24-22-20-18-16-14-12-10-8-6-4-2)69-101-85-81(99)78(96)83(73(67-90)103-85)106-87-82(100)79(97)84(74(68-91)104-87)105-86-80(98)77(95)76(94)72(66-89)102-86/h62,64,70-74,76-87,89-92,94-100H,3-61,63,65-69H2,1-2H3,(H,88,93)/b64-62+. The van der Waals surface area contributed by atoms with Gasteiger partial charge in [0.2, 0.25) is 5.91 Å². The third-order valence-corrected chi connectivity index (χ3v) is 22.8. The van der Waals surface area contributed by atoms with Crippen molar-refractivity contribution in [2.45, 2.75) is 510 Å². The van der Waals surface area contributed by atoms with Crippen molar-refractivity contribution >= 4 is 5.91 Å². The molecule has 3 fully saturated rings. The Bertz CT molecular complexity index is 1960. The van der Waals surface area contributed by atoms with Crippen LogP contribution in [0.15, 0.2) is 12.2 Å². The Hall–Kier alpha value is -1.47. The third kappa shape index (κ3) is 46.6. The molecular weight excluding hydrogens is 1350 g/mol. The molecule has 0 saturated carbocycles. The van der Waals surface area contributed by atoms with Gasteiger partial charge in [-0.05, 0) is 19.3 Å². The van der Waals surface area contributed by atoms with Crippen LogP contribution in [0.5, 0.6) is 0 Å². The minimum absolute atomic E-state index is 0.251. The van der Waals surface area contributed by atoms with Crippen LogP contribution >= 0.6 is 0 Å². The minimum atomic E-state index is -1.98. The first kappa shape index (κ1) is 98.7. The second kappa shape index (κ2) is 68.0. The van der Waals surface area contributed by atoms with Gasteiger partial charge in [-0.2, -0.15) is 0 Å². The van der Waals surface area contributed by atoms with E-state index in [-0.39, 0.29) is 18.9 Å². The van der Waals surface area contributed by atoms with Crippen molar-refractivity contribution in [3.8, 4) is 0 Å². The van der Waals surface area contributed by atoms with Gasteiger partial charge in [-0.3, -0.25) is 4.79 Å². The zero-order valence-corrected chi connectivity index (χ0v) is 67.7. The summed E-state index contributed by atoms with van der Waals surface area (Å²) in [7, 11) is 0. The number of hydrogen-bond acceptors (Lipinski definition) is 18. The number of unbranched alkanes of at least 4 members (excludes halogenated alkanes) is 58. The molecule has 0 aromatic carbocycles. The Kier molecular flexibility index (Phi) is 63.3. The van der Waals surface area contributed by atoms with Gasteiger partial charge in [0.1, 0.15) is 73.2 Å². The average molecular weight is 1520 g/mol. The Morgan fingerprint density at radius 3 is 0.887 bits per heavy atom. The van der Waals surface area contributed by atoms with Crippen LogP contribution in [0.4, 0.5) is 0 Å². The minimum Gasteiger partial charge on any atom is -0.394 e. The van der Waals surface area contributed by atoms with Gasteiger partial charge < -0.3 is 89.9 Å². The predicted octanol–water partition coefficient (Wildman–Crippen LogP) is 16.7. The molecule has 19 heteroatoms. The van der Waals surface area contributed by atoms with Crippen LogP contribution in [0.3, 0.4) is 0 Å². The summed E-state index contributed by atoms with van der Waals surface area (Å²) in [5.41, 5.74) is 0. The molecule has 3 saturated heterocycles. The van der Waals surface area contributed by atoms with Gasteiger partial charge in [0, 0.05) is 6.42 Å². The van der Waals surface area contributed by atoms with Gasteiger partial charge in [-0.1, -0.05) is 392 Å². The molecule has 0 aromatic rings. The van der Waals surface area contributed by atoms with Crippen molar-refractivity contribution in [1.82, 2.24) is 5.32 Å². The molecule has 3 aliphatic rings. The fourth-order valence-corrected chi connectivity index (χ4v) is 15.7. The third-order valence-electron chi connectivity index (χ3n) is 22.8. The number of amides is 1. The molecule has 1 amide bonds. The summed E-state index contributed by atoms with van der Waals surface area (Å²) in [6, 6.07) is -0.971. The van der Waals surface area contributed by atoms with E-state index in [0.717, 1.165) is 44.9 Å². The van der Waals surface area contributed by atoms with Crippen LogP contribution in [-0.2, 0) is 33.2 Å². The van der Waals surface area contributed by atoms with Crippen molar-refractivity contribution in [3.63, 3.8) is 0 Å². The predicted molar refractivity (Wildman–Crippen MR) is 425 cm³/mol. The molecular formula is C87H167NO18. The molecule has 0 bridgehead atoms. The van der Waals surface area contributed by atoms with E-state index < -0.39 is 124 Å². The van der Waals surface area contributed by atoms with E-state index in [1.54, 1.807) is 6.08 Å². The van der Waals surface area contributed by atoms with E-state index in [1.807, 2.05) is 6.08 Å². The maximum Gasteiger partial charge on any atom is 0.220 e. The Balaban J connectivity index is 1.33. The van der Waals surface area contributed by atoms with Gasteiger partial charge >= 0.3 is 0 Å². The first-order valence-corrected chi connectivity index (χ1v) is 44.9. The van der Waals surface area contributed by atoms with E-state index in [1.165, 1.54) is 334 Å². The van der Waals surface area contributed by atoms with Gasteiger partial charge in [-0.15, -0.1) is 0 Å². The number of hydrogen-bond donors (Lipinski definition) is 12. The number of rotatable bonds is 74. The largest absolute Gasteiger partial charge is 0.394 e. The number of nitrogens with one attached hydrogen (secondary N) is 1. The highest BCUT2D eigenvalue weighted by Crippen LogP contribution is 2.34. The van der Waals surface area contributed by atoms with E-state index in [9.17, 15) is 61.0 Å². The molecule has 17 atom stereocenters. The lowest BCUT2D eigenvalue weighted by Crippen LogP contribution is -2.66. The van der Waals surface area contributed by atoms with E-state index >= 15 is 0 Å². The van der Waals surface area contributed by atoms with E-state index in [4.69, 9.17) is 28.4 Å². The zero-order chi connectivity index (χ0) is 76.7. The van der Waals surface area contributed by atoms with E-state index in [0.29, 0.717) is 6.42 Å². The highest BCUT2D eigenvalue weighted by molar-refractivity contribution is 5.76. The molecule has 19 nitrogen and oxygen atoms in total.